The van der Waals surface area contributed by atoms with Crippen molar-refractivity contribution in [3.05, 3.63) is 35.9 Å². The molecule has 4 nitrogen and oxygen atoms in total. The molecule has 1 amide bonds. The monoisotopic (exact) mass is 235 g/mol. The Morgan fingerprint density at radius 3 is 2.82 bits per heavy atom. The molecule has 1 atom stereocenters. The van der Waals surface area contributed by atoms with Gasteiger partial charge in [0.15, 0.2) is 0 Å². The smallest absolute Gasteiger partial charge is 0.410 e. The quantitative estimate of drug-likeness (QED) is 0.804. The number of ether oxygens (including phenoxy) is 2. The molecule has 0 radical (unpaired) electrons. The number of rotatable bonds is 3. The minimum Gasteiger partial charge on any atom is -0.445 e. The van der Waals surface area contributed by atoms with E-state index in [9.17, 15) is 4.79 Å². The van der Waals surface area contributed by atoms with E-state index in [4.69, 9.17) is 9.47 Å². The number of hydrogen-bond donors (Lipinski definition) is 0. The van der Waals surface area contributed by atoms with Crippen molar-refractivity contribution < 1.29 is 14.3 Å². The van der Waals surface area contributed by atoms with Gasteiger partial charge in [0.05, 0.1) is 12.6 Å². The zero-order valence-corrected chi connectivity index (χ0v) is 9.96. The summed E-state index contributed by atoms with van der Waals surface area (Å²) in [7, 11) is 1.67. The van der Waals surface area contributed by atoms with Crippen LogP contribution in [-0.4, -0.2) is 37.3 Å². The molecule has 0 aromatic heterocycles. The first-order valence-electron chi connectivity index (χ1n) is 5.78. The van der Waals surface area contributed by atoms with Gasteiger partial charge in [0, 0.05) is 13.7 Å². The van der Waals surface area contributed by atoms with Gasteiger partial charge in [-0.05, 0) is 12.0 Å². The van der Waals surface area contributed by atoms with Crippen LogP contribution in [0.3, 0.4) is 0 Å². The molecule has 1 heterocycles. The van der Waals surface area contributed by atoms with Gasteiger partial charge >= 0.3 is 6.09 Å². The number of hydrogen-bond acceptors (Lipinski definition) is 3. The Morgan fingerprint density at radius 1 is 1.41 bits per heavy atom. The summed E-state index contributed by atoms with van der Waals surface area (Å²) in [6.45, 7) is 1.67. The first-order chi connectivity index (χ1) is 8.29. The molecule has 1 fully saturated rings. The van der Waals surface area contributed by atoms with Crippen LogP contribution >= 0.6 is 0 Å². The van der Waals surface area contributed by atoms with Crippen molar-refractivity contribution in [3.63, 3.8) is 0 Å². The standard InChI is InChI=1S/C13H17NO3/c1-16-12-7-8-14(9-12)13(15)17-10-11-5-3-2-4-6-11/h2-6,12H,7-10H2,1H3/t12-/m1/s1. The van der Waals surface area contributed by atoms with Crippen LogP contribution in [0.4, 0.5) is 4.79 Å². The molecule has 0 spiro atoms. The topological polar surface area (TPSA) is 38.8 Å². The summed E-state index contributed by atoms with van der Waals surface area (Å²) in [6.07, 6.45) is 0.782. The summed E-state index contributed by atoms with van der Waals surface area (Å²) >= 11 is 0. The van der Waals surface area contributed by atoms with E-state index in [2.05, 4.69) is 0 Å². The lowest BCUT2D eigenvalue weighted by molar-refractivity contribution is 0.0848. The van der Waals surface area contributed by atoms with Gasteiger partial charge in [-0.25, -0.2) is 4.79 Å². The largest absolute Gasteiger partial charge is 0.445 e. The second kappa shape index (κ2) is 5.68. The molecular weight excluding hydrogens is 218 g/mol. The van der Waals surface area contributed by atoms with Gasteiger partial charge in [-0.3, -0.25) is 0 Å². The van der Waals surface area contributed by atoms with E-state index < -0.39 is 0 Å². The average Bonchev–Trinajstić information content (AvgIpc) is 2.86. The Kier molecular flexibility index (Phi) is 3.98. The fraction of sp³-hybridized carbons (Fsp3) is 0.462. The maximum Gasteiger partial charge on any atom is 0.410 e. The minimum atomic E-state index is -0.256. The predicted octanol–water partition coefficient (Wildman–Crippen LogP) is 2.04. The highest BCUT2D eigenvalue weighted by Gasteiger charge is 2.26. The first kappa shape index (κ1) is 11.9. The lowest BCUT2D eigenvalue weighted by Gasteiger charge is -2.15. The minimum absolute atomic E-state index is 0.152. The second-order valence-electron chi connectivity index (χ2n) is 4.13. The van der Waals surface area contributed by atoms with Crippen molar-refractivity contribution in [2.24, 2.45) is 0 Å². The SMILES string of the molecule is CO[C@@H]1CCN(C(=O)OCc2ccccc2)C1. The van der Waals surface area contributed by atoms with Crippen LogP contribution in [0.15, 0.2) is 30.3 Å². The molecular formula is C13H17NO3. The summed E-state index contributed by atoms with van der Waals surface area (Å²) in [4.78, 5) is 13.4. The summed E-state index contributed by atoms with van der Waals surface area (Å²) in [5.74, 6) is 0. The summed E-state index contributed by atoms with van der Waals surface area (Å²) in [6, 6.07) is 9.68. The molecule has 92 valence electrons. The molecule has 0 N–H and O–H groups in total. The molecule has 2 rings (SSSR count). The van der Waals surface area contributed by atoms with Crippen LogP contribution in [-0.2, 0) is 16.1 Å². The number of amides is 1. The Labute approximate surface area is 101 Å². The normalized spacial score (nSPS) is 19.4. The third-order valence-electron chi connectivity index (χ3n) is 2.94. The van der Waals surface area contributed by atoms with E-state index in [1.165, 1.54) is 0 Å². The Hall–Kier alpha value is -1.55. The van der Waals surface area contributed by atoms with Gasteiger partial charge in [0.1, 0.15) is 6.61 Å². The molecule has 1 saturated heterocycles. The van der Waals surface area contributed by atoms with Crippen molar-refractivity contribution >= 4 is 6.09 Å². The van der Waals surface area contributed by atoms with Crippen molar-refractivity contribution in [3.8, 4) is 0 Å². The molecule has 1 aliphatic heterocycles. The molecule has 0 aliphatic carbocycles. The van der Waals surface area contributed by atoms with Crippen LogP contribution in [0, 0.1) is 0 Å². The number of methoxy groups -OCH3 is 1. The predicted molar refractivity (Wildman–Crippen MR) is 63.6 cm³/mol. The van der Waals surface area contributed by atoms with Gasteiger partial charge in [0.2, 0.25) is 0 Å². The highest BCUT2D eigenvalue weighted by atomic mass is 16.6. The van der Waals surface area contributed by atoms with Gasteiger partial charge in [-0.1, -0.05) is 30.3 Å². The van der Waals surface area contributed by atoms with E-state index in [0.717, 1.165) is 12.0 Å². The zero-order valence-electron chi connectivity index (χ0n) is 9.96. The fourth-order valence-electron chi connectivity index (χ4n) is 1.90. The molecule has 0 saturated carbocycles. The molecule has 0 unspecified atom stereocenters. The Morgan fingerprint density at radius 2 is 2.18 bits per heavy atom. The van der Waals surface area contributed by atoms with Crippen LogP contribution in [0.2, 0.25) is 0 Å². The van der Waals surface area contributed by atoms with E-state index in [-0.39, 0.29) is 12.2 Å². The molecule has 1 aromatic rings. The molecule has 1 aromatic carbocycles. The number of likely N-dealkylation sites (tertiary alicyclic amines) is 1. The summed E-state index contributed by atoms with van der Waals surface area (Å²) in [5.41, 5.74) is 1.00. The number of carbonyl (C=O) groups excluding carboxylic acids is 1. The average molecular weight is 235 g/mol. The van der Waals surface area contributed by atoms with Crippen LogP contribution in [0.5, 0.6) is 0 Å². The van der Waals surface area contributed by atoms with Gasteiger partial charge in [-0.15, -0.1) is 0 Å². The maximum atomic E-state index is 11.7. The third-order valence-corrected chi connectivity index (χ3v) is 2.94. The molecule has 17 heavy (non-hydrogen) atoms. The number of carbonyl (C=O) groups is 1. The van der Waals surface area contributed by atoms with Gasteiger partial charge < -0.3 is 14.4 Å². The highest BCUT2D eigenvalue weighted by molar-refractivity contribution is 5.68. The molecule has 0 bridgehead atoms. The number of benzene rings is 1. The van der Waals surface area contributed by atoms with Gasteiger partial charge in [0.25, 0.3) is 0 Å². The van der Waals surface area contributed by atoms with Crippen molar-refractivity contribution in [2.75, 3.05) is 20.2 Å². The van der Waals surface area contributed by atoms with Crippen molar-refractivity contribution in [1.29, 1.82) is 0 Å². The van der Waals surface area contributed by atoms with E-state index in [0.29, 0.717) is 19.7 Å². The van der Waals surface area contributed by atoms with Crippen molar-refractivity contribution in [2.45, 2.75) is 19.1 Å². The zero-order chi connectivity index (χ0) is 12.1. The molecule has 1 aliphatic rings. The van der Waals surface area contributed by atoms with Crippen LogP contribution in [0.1, 0.15) is 12.0 Å². The fourth-order valence-corrected chi connectivity index (χ4v) is 1.90. The highest BCUT2D eigenvalue weighted by Crippen LogP contribution is 2.13. The van der Waals surface area contributed by atoms with E-state index in [1.54, 1.807) is 12.0 Å². The Bertz CT molecular complexity index is 366. The van der Waals surface area contributed by atoms with Crippen LogP contribution < -0.4 is 0 Å². The van der Waals surface area contributed by atoms with Gasteiger partial charge in [-0.2, -0.15) is 0 Å². The first-order valence-corrected chi connectivity index (χ1v) is 5.78. The lowest BCUT2D eigenvalue weighted by Crippen LogP contribution is -2.30. The third kappa shape index (κ3) is 3.20. The van der Waals surface area contributed by atoms with E-state index in [1.807, 2.05) is 30.3 Å². The maximum absolute atomic E-state index is 11.7. The number of nitrogens with zero attached hydrogens (tertiary/aromatic N) is 1. The Balaban J connectivity index is 1.78. The van der Waals surface area contributed by atoms with Crippen LogP contribution in [0.25, 0.3) is 0 Å². The summed E-state index contributed by atoms with van der Waals surface area (Å²) < 4.78 is 10.4. The molecule has 4 heteroatoms. The second-order valence-corrected chi connectivity index (χ2v) is 4.13. The van der Waals surface area contributed by atoms with Crippen molar-refractivity contribution in [1.82, 2.24) is 4.90 Å². The lowest BCUT2D eigenvalue weighted by atomic mass is 10.2. The van der Waals surface area contributed by atoms with E-state index >= 15 is 0 Å². The summed E-state index contributed by atoms with van der Waals surface area (Å²) in [5, 5.41) is 0.